The molecule has 0 amide bonds. The number of methoxy groups -OCH3 is 1. The Balaban J connectivity index is 2.38. The lowest BCUT2D eigenvalue weighted by molar-refractivity contribution is 0.0813. The quantitative estimate of drug-likeness (QED) is 0.794. The first-order chi connectivity index (χ1) is 9.13. The highest BCUT2D eigenvalue weighted by atomic mass is 16.5. The predicted molar refractivity (Wildman–Crippen MR) is 68.8 cm³/mol. The van der Waals surface area contributed by atoms with Crippen molar-refractivity contribution in [1.82, 2.24) is 0 Å². The van der Waals surface area contributed by atoms with Gasteiger partial charge in [0.05, 0.1) is 12.7 Å². The first-order valence-electron chi connectivity index (χ1n) is 5.73. The minimum Gasteiger partial charge on any atom is -0.507 e. The molecule has 0 radical (unpaired) electrons. The van der Waals surface area contributed by atoms with Crippen LogP contribution >= 0.6 is 0 Å². The van der Waals surface area contributed by atoms with E-state index in [9.17, 15) is 14.7 Å². The fourth-order valence-electron chi connectivity index (χ4n) is 2.31. The summed E-state index contributed by atoms with van der Waals surface area (Å²) in [5, 5.41) is 9.79. The van der Waals surface area contributed by atoms with Gasteiger partial charge in [-0.05, 0) is 35.4 Å². The molecule has 0 spiro atoms. The smallest absolute Gasteiger partial charge is 0.237 e. The predicted octanol–water partition coefficient (Wildman–Crippen LogP) is 2.45. The molecule has 2 aromatic carbocycles. The van der Waals surface area contributed by atoms with Crippen LogP contribution in [-0.2, 0) is 0 Å². The van der Waals surface area contributed by atoms with Gasteiger partial charge in [0, 0.05) is 5.56 Å². The van der Waals surface area contributed by atoms with Gasteiger partial charge in [-0.3, -0.25) is 9.59 Å². The molecule has 0 bridgehead atoms. The lowest BCUT2D eigenvalue weighted by Crippen LogP contribution is -2.21. The number of phenolic OH excluding ortho intramolecular Hbond substituents is 1. The number of aromatic hydroxyl groups is 1. The van der Waals surface area contributed by atoms with E-state index in [-0.39, 0.29) is 11.3 Å². The third-order valence-electron chi connectivity index (χ3n) is 3.24. The summed E-state index contributed by atoms with van der Waals surface area (Å²) in [6.07, 6.45) is 0. The minimum atomic E-state index is -0.675. The van der Waals surface area contributed by atoms with Crippen molar-refractivity contribution in [3.05, 3.63) is 47.5 Å². The van der Waals surface area contributed by atoms with E-state index in [1.54, 1.807) is 30.3 Å². The van der Waals surface area contributed by atoms with Gasteiger partial charge in [-0.25, -0.2) is 0 Å². The van der Waals surface area contributed by atoms with Crippen molar-refractivity contribution in [2.24, 2.45) is 0 Å². The molecule has 0 atom stereocenters. The lowest BCUT2D eigenvalue weighted by Gasteiger charge is -2.19. The molecule has 3 rings (SSSR count). The molecule has 0 heterocycles. The van der Waals surface area contributed by atoms with Gasteiger partial charge in [0.15, 0.2) is 0 Å². The summed E-state index contributed by atoms with van der Waals surface area (Å²) >= 11 is 0. The first-order valence-corrected chi connectivity index (χ1v) is 5.73. The van der Waals surface area contributed by atoms with Gasteiger partial charge < -0.3 is 9.84 Å². The van der Waals surface area contributed by atoms with E-state index in [2.05, 4.69) is 0 Å². The monoisotopic (exact) mass is 254 g/mol. The summed E-state index contributed by atoms with van der Waals surface area (Å²) in [6, 6.07) is 9.64. The summed E-state index contributed by atoms with van der Waals surface area (Å²) in [5.74, 6) is -0.864. The maximum Gasteiger partial charge on any atom is 0.237 e. The summed E-state index contributed by atoms with van der Waals surface area (Å²) in [4.78, 5) is 24.0. The second-order valence-electron chi connectivity index (χ2n) is 4.27. The summed E-state index contributed by atoms with van der Waals surface area (Å²) < 4.78 is 5.13. The van der Waals surface area contributed by atoms with E-state index >= 15 is 0 Å². The molecule has 19 heavy (non-hydrogen) atoms. The number of benzene rings is 2. The Labute approximate surface area is 109 Å². The number of ketones is 2. The number of rotatable bonds is 1. The average Bonchev–Trinajstić information content (AvgIpc) is 2.44. The number of hydrogen-bond acceptors (Lipinski definition) is 4. The molecule has 0 aliphatic heterocycles. The summed E-state index contributed by atoms with van der Waals surface area (Å²) in [6.45, 7) is 0. The van der Waals surface area contributed by atoms with E-state index in [4.69, 9.17) is 4.74 Å². The van der Waals surface area contributed by atoms with Gasteiger partial charge >= 0.3 is 0 Å². The van der Waals surface area contributed by atoms with Gasteiger partial charge in [0.2, 0.25) is 11.6 Å². The minimum absolute atomic E-state index is 0.0632. The summed E-state index contributed by atoms with van der Waals surface area (Å²) in [7, 11) is 1.53. The second-order valence-corrected chi connectivity index (χ2v) is 4.27. The van der Waals surface area contributed by atoms with Crippen LogP contribution in [0.4, 0.5) is 0 Å². The highest BCUT2D eigenvalue weighted by Crippen LogP contribution is 2.39. The topological polar surface area (TPSA) is 63.6 Å². The largest absolute Gasteiger partial charge is 0.507 e. The Morgan fingerprint density at radius 2 is 1.74 bits per heavy atom. The number of carbonyl (C=O) groups is 2. The molecule has 0 unspecified atom stereocenters. The molecule has 4 nitrogen and oxygen atoms in total. The van der Waals surface area contributed by atoms with Crippen molar-refractivity contribution in [3.8, 4) is 22.6 Å². The Hall–Kier alpha value is -2.62. The van der Waals surface area contributed by atoms with Crippen LogP contribution in [0.5, 0.6) is 11.5 Å². The van der Waals surface area contributed by atoms with Gasteiger partial charge in [-0.1, -0.05) is 12.1 Å². The molecule has 1 aliphatic rings. The average molecular weight is 254 g/mol. The van der Waals surface area contributed by atoms with Gasteiger partial charge in [0.25, 0.3) is 0 Å². The molecular weight excluding hydrogens is 244 g/mol. The van der Waals surface area contributed by atoms with Crippen LogP contribution in [0.3, 0.4) is 0 Å². The maximum atomic E-state index is 12.0. The number of Topliss-reactive ketones (excluding diaryl/α,β-unsaturated/α-hetero) is 2. The molecule has 1 N–H and O–H groups in total. The van der Waals surface area contributed by atoms with E-state index in [0.29, 0.717) is 22.4 Å². The third-order valence-corrected chi connectivity index (χ3v) is 3.24. The van der Waals surface area contributed by atoms with Crippen molar-refractivity contribution in [2.45, 2.75) is 0 Å². The maximum absolute atomic E-state index is 12.0. The first kappa shape index (κ1) is 11.5. The number of ether oxygens (including phenoxy) is 1. The highest BCUT2D eigenvalue weighted by molar-refractivity contribution is 6.53. The van der Waals surface area contributed by atoms with Crippen LogP contribution < -0.4 is 4.74 Å². The SMILES string of the molecule is COc1ccc2c(c1)-c1cccc(O)c1C(=O)C2=O. The zero-order valence-electron chi connectivity index (χ0n) is 10.1. The highest BCUT2D eigenvalue weighted by Gasteiger charge is 2.32. The molecule has 2 aromatic rings. The van der Waals surface area contributed by atoms with Gasteiger partial charge in [-0.15, -0.1) is 0 Å². The molecule has 0 fully saturated rings. The van der Waals surface area contributed by atoms with Crippen molar-refractivity contribution >= 4 is 11.6 Å². The standard InChI is InChI=1S/C15H10O4/c1-19-8-5-6-10-11(7-8)9-3-2-4-12(16)13(9)15(18)14(10)17/h2-7,16H,1H3. The van der Waals surface area contributed by atoms with Gasteiger partial charge in [-0.2, -0.15) is 0 Å². The number of carbonyl (C=O) groups excluding carboxylic acids is 2. The van der Waals surface area contributed by atoms with Crippen molar-refractivity contribution in [3.63, 3.8) is 0 Å². The van der Waals surface area contributed by atoms with E-state index in [0.717, 1.165) is 0 Å². The van der Waals surface area contributed by atoms with E-state index < -0.39 is 11.6 Å². The summed E-state index contributed by atoms with van der Waals surface area (Å²) in [5.41, 5.74) is 1.56. The van der Waals surface area contributed by atoms with Crippen LogP contribution in [0.2, 0.25) is 0 Å². The normalized spacial score (nSPS) is 12.9. The van der Waals surface area contributed by atoms with Crippen LogP contribution in [0.1, 0.15) is 20.7 Å². The van der Waals surface area contributed by atoms with Crippen LogP contribution in [0.25, 0.3) is 11.1 Å². The van der Waals surface area contributed by atoms with Crippen molar-refractivity contribution in [2.75, 3.05) is 7.11 Å². The molecule has 4 heteroatoms. The van der Waals surface area contributed by atoms with Gasteiger partial charge in [0.1, 0.15) is 11.5 Å². The zero-order valence-corrected chi connectivity index (χ0v) is 10.1. The van der Waals surface area contributed by atoms with Crippen LogP contribution in [0.15, 0.2) is 36.4 Å². The fourth-order valence-corrected chi connectivity index (χ4v) is 2.31. The Bertz CT molecular complexity index is 716. The number of fused-ring (bicyclic) bond motifs is 3. The fraction of sp³-hybridized carbons (Fsp3) is 0.0667. The Kier molecular flexibility index (Phi) is 2.38. The molecule has 0 saturated carbocycles. The van der Waals surface area contributed by atoms with Crippen LogP contribution in [0, 0.1) is 0 Å². The molecule has 0 saturated heterocycles. The molecule has 94 valence electrons. The van der Waals surface area contributed by atoms with E-state index in [1.165, 1.54) is 13.2 Å². The second kappa shape index (κ2) is 3.95. The van der Waals surface area contributed by atoms with E-state index in [1.807, 2.05) is 0 Å². The lowest BCUT2D eigenvalue weighted by atomic mass is 9.83. The number of phenols is 1. The Morgan fingerprint density at radius 1 is 0.947 bits per heavy atom. The third kappa shape index (κ3) is 1.53. The number of hydrogen-bond donors (Lipinski definition) is 1. The van der Waals surface area contributed by atoms with Crippen LogP contribution in [-0.4, -0.2) is 23.8 Å². The van der Waals surface area contributed by atoms with Crippen molar-refractivity contribution < 1.29 is 19.4 Å². The molecular formula is C15H10O4. The zero-order chi connectivity index (χ0) is 13.6. The molecule has 0 aromatic heterocycles. The van der Waals surface area contributed by atoms with Crippen molar-refractivity contribution in [1.29, 1.82) is 0 Å². The Morgan fingerprint density at radius 3 is 2.47 bits per heavy atom. The molecule has 1 aliphatic carbocycles.